The summed E-state index contributed by atoms with van der Waals surface area (Å²) in [6.45, 7) is 5.94. The van der Waals surface area contributed by atoms with Gasteiger partial charge in [0.1, 0.15) is 6.54 Å². The number of amides is 1. The van der Waals surface area contributed by atoms with Crippen LogP contribution in [0.4, 0.5) is 11.5 Å². The van der Waals surface area contributed by atoms with E-state index in [1.54, 1.807) is 12.4 Å². The number of carbonyl (C=O) groups excluding carboxylic acids is 1. The first kappa shape index (κ1) is 19.2. The average molecular weight is 394 g/mol. The molecule has 1 saturated heterocycles. The summed E-state index contributed by atoms with van der Waals surface area (Å²) in [7, 11) is 0. The van der Waals surface area contributed by atoms with Crippen LogP contribution in [0.1, 0.15) is 32.3 Å². The van der Waals surface area contributed by atoms with Crippen LogP contribution in [-0.4, -0.2) is 38.2 Å². The Labute approximate surface area is 169 Å². The summed E-state index contributed by atoms with van der Waals surface area (Å²) in [5, 5.41) is 7.25. The standard InChI is InChI=1S/C21H26N6O2/c1-3-16-6-8-17(9-7-16)23-18(28)14-27-21(29)26-12-10-22-19(20(26)24-27)25-11-4-5-15(2)13-25/h6-10,12,15H,3-5,11,13-14H2,1-2H3,(H,23,28). The van der Waals surface area contributed by atoms with Crippen LogP contribution in [0.15, 0.2) is 41.5 Å². The largest absolute Gasteiger partial charge is 0.353 e. The van der Waals surface area contributed by atoms with Crippen molar-refractivity contribution >= 4 is 23.1 Å². The molecule has 0 radical (unpaired) electrons. The van der Waals surface area contributed by atoms with Gasteiger partial charge in [0.05, 0.1) is 0 Å². The summed E-state index contributed by atoms with van der Waals surface area (Å²) in [6.07, 6.45) is 6.44. The monoisotopic (exact) mass is 394 g/mol. The zero-order valence-electron chi connectivity index (χ0n) is 16.8. The van der Waals surface area contributed by atoms with Gasteiger partial charge in [0, 0.05) is 31.2 Å². The first-order valence-corrected chi connectivity index (χ1v) is 10.1. The molecule has 0 bridgehead atoms. The minimum atomic E-state index is -0.342. The molecule has 2 aromatic heterocycles. The maximum absolute atomic E-state index is 12.7. The van der Waals surface area contributed by atoms with E-state index in [0.717, 1.165) is 25.9 Å². The van der Waals surface area contributed by atoms with E-state index in [1.807, 2.05) is 24.3 Å². The van der Waals surface area contributed by atoms with Gasteiger partial charge in [-0.3, -0.25) is 4.79 Å². The molecule has 0 aliphatic carbocycles. The number of nitrogens with one attached hydrogen (secondary N) is 1. The van der Waals surface area contributed by atoms with Crippen molar-refractivity contribution in [1.29, 1.82) is 0 Å². The van der Waals surface area contributed by atoms with Gasteiger partial charge in [0.25, 0.3) is 0 Å². The Morgan fingerprint density at radius 3 is 2.79 bits per heavy atom. The van der Waals surface area contributed by atoms with Crippen molar-refractivity contribution < 1.29 is 4.79 Å². The smallest absolute Gasteiger partial charge is 0.350 e. The van der Waals surface area contributed by atoms with Crippen LogP contribution in [0, 0.1) is 5.92 Å². The fraction of sp³-hybridized carbons (Fsp3) is 0.429. The summed E-state index contributed by atoms with van der Waals surface area (Å²) in [6, 6.07) is 7.68. The second-order valence-corrected chi connectivity index (χ2v) is 7.68. The first-order chi connectivity index (χ1) is 14.0. The third-order valence-corrected chi connectivity index (χ3v) is 5.38. The topological polar surface area (TPSA) is 84.5 Å². The van der Waals surface area contributed by atoms with E-state index in [-0.39, 0.29) is 18.1 Å². The molecule has 1 fully saturated rings. The van der Waals surface area contributed by atoms with Gasteiger partial charge in [-0.2, -0.15) is 0 Å². The fourth-order valence-corrected chi connectivity index (χ4v) is 3.80. The molecule has 1 atom stereocenters. The second kappa shape index (κ2) is 8.06. The zero-order chi connectivity index (χ0) is 20.4. The first-order valence-electron chi connectivity index (χ1n) is 10.1. The fourth-order valence-electron chi connectivity index (χ4n) is 3.80. The Morgan fingerprint density at radius 2 is 2.07 bits per heavy atom. The molecule has 3 aromatic rings. The van der Waals surface area contributed by atoms with E-state index in [0.29, 0.717) is 23.1 Å². The molecule has 4 rings (SSSR count). The third-order valence-electron chi connectivity index (χ3n) is 5.38. The van der Waals surface area contributed by atoms with E-state index in [2.05, 4.69) is 34.1 Å². The highest BCUT2D eigenvalue weighted by Crippen LogP contribution is 2.23. The Morgan fingerprint density at radius 1 is 1.28 bits per heavy atom. The number of carbonyl (C=O) groups is 1. The minimum Gasteiger partial charge on any atom is -0.353 e. The lowest BCUT2D eigenvalue weighted by Crippen LogP contribution is -2.35. The van der Waals surface area contributed by atoms with Crippen molar-refractivity contribution in [3.8, 4) is 0 Å². The van der Waals surface area contributed by atoms with Gasteiger partial charge >= 0.3 is 5.69 Å². The number of aryl methyl sites for hydroxylation is 1. The number of benzene rings is 1. The number of rotatable bonds is 5. The molecule has 29 heavy (non-hydrogen) atoms. The van der Waals surface area contributed by atoms with Crippen LogP contribution >= 0.6 is 0 Å². The summed E-state index contributed by atoms with van der Waals surface area (Å²) in [4.78, 5) is 31.8. The van der Waals surface area contributed by atoms with Gasteiger partial charge in [-0.25, -0.2) is 18.9 Å². The predicted octanol–water partition coefficient (Wildman–Crippen LogP) is 2.33. The highest BCUT2D eigenvalue weighted by Gasteiger charge is 2.22. The third kappa shape index (κ3) is 4.01. The summed E-state index contributed by atoms with van der Waals surface area (Å²) in [5.74, 6) is 0.982. The van der Waals surface area contributed by atoms with Gasteiger partial charge in [0.15, 0.2) is 5.82 Å². The number of aromatic nitrogens is 4. The maximum Gasteiger partial charge on any atom is 0.350 e. The minimum absolute atomic E-state index is 0.147. The van der Waals surface area contributed by atoms with E-state index in [1.165, 1.54) is 21.1 Å². The Balaban J connectivity index is 1.56. The maximum atomic E-state index is 12.7. The van der Waals surface area contributed by atoms with Gasteiger partial charge < -0.3 is 10.2 Å². The highest BCUT2D eigenvalue weighted by molar-refractivity contribution is 5.90. The van der Waals surface area contributed by atoms with E-state index < -0.39 is 0 Å². The van der Waals surface area contributed by atoms with Crippen LogP contribution in [0.2, 0.25) is 0 Å². The lowest BCUT2D eigenvalue weighted by Gasteiger charge is -2.31. The predicted molar refractivity (Wildman–Crippen MR) is 112 cm³/mol. The van der Waals surface area contributed by atoms with Gasteiger partial charge in [-0.05, 0) is 42.9 Å². The summed E-state index contributed by atoms with van der Waals surface area (Å²) >= 11 is 0. The van der Waals surface area contributed by atoms with E-state index in [9.17, 15) is 9.59 Å². The molecular formula is C21H26N6O2. The molecule has 1 amide bonds. The SMILES string of the molecule is CCc1ccc(NC(=O)Cn2nc3c(N4CCCC(C)C4)nccn3c2=O)cc1. The highest BCUT2D eigenvalue weighted by atomic mass is 16.2. The molecule has 0 spiro atoms. The molecular weight excluding hydrogens is 368 g/mol. The summed E-state index contributed by atoms with van der Waals surface area (Å²) < 4.78 is 2.66. The second-order valence-electron chi connectivity index (χ2n) is 7.68. The van der Waals surface area contributed by atoms with E-state index >= 15 is 0 Å². The molecule has 152 valence electrons. The van der Waals surface area contributed by atoms with Crippen molar-refractivity contribution in [3.63, 3.8) is 0 Å². The van der Waals surface area contributed by atoms with E-state index in [4.69, 9.17) is 0 Å². The van der Waals surface area contributed by atoms with Crippen molar-refractivity contribution in [2.24, 2.45) is 5.92 Å². The summed E-state index contributed by atoms with van der Waals surface area (Å²) in [5.41, 5.74) is 2.05. The van der Waals surface area contributed by atoms with Crippen molar-refractivity contribution in [2.45, 2.75) is 39.7 Å². The number of nitrogens with zero attached hydrogens (tertiary/aromatic N) is 5. The molecule has 8 nitrogen and oxygen atoms in total. The number of piperidine rings is 1. The number of hydrogen-bond donors (Lipinski definition) is 1. The molecule has 1 aliphatic heterocycles. The van der Waals surface area contributed by atoms with Crippen molar-refractivity contribution in [3.05, 3.63) is 52.7 Å². The molecule has 3 heterocycles. The molecule has 1 aliphatic rings. The van der Waals surface area contributed by atoms with Gasteiger partial charge in [0.2, 0.25) is 11.6 Å². The molecule has 1 N–H and O–H groups in total. The number of hydrogen-bond acceptors (Lipinski definition) is 5. The lowest BCUT2D eigenvalue weighted by molar-refractivity contribution is -0.117. The van der Waals surface area contributed by atoms with Crippen LogP contribution in [0.5, 0.6) is 0 Å². The quantitative estimate of drug-likeness (QED) is 0.718. The van der Waals surface area contributed by atoms with Crippen LogP contribution in [0.3, 0.4) is 0 Å². The van der Waals surface area contributed by atoms with Crippen molar-refractivity contribution in [1.82, 2.24) is 19.2 Å². The Kier molecular flexibility index (Phi) is 5.33. The average Bonchev–Trinajstić information content (AvgIpc) is 3.04. The molecule has 1 unspecified atom stereocenters. The number of anilines is 2. The van der Waals surface area contributed by atoms with Gasteiger partial charge in [-0.1, -0.05) is 26.0 Å². The van der Waals surface area contributed by atoms with Crippen LogP contribution in [0.25, 0.3) is 5.65 Å². The van der Waals surface area contributed by atoms with Crippen LogP contribution < -0.4 is 15.9 Å². The van der Waals surface area contributed by atoms with Crippen molar-refractivity contribution in [2.75, 3.05) is 23.3 Å². The number of fused-ring (bicyclic) bond motifs is 1. The molecule has 8 heteroatoms. The molecule has 0 saturated carbocycles. The normalized spacial score (nSPS) is 16.9. The lowest BCUT2D eigenvalue weighted by atomic mass is 10.0. The van der Waals surface area contributed by atoms with Gasteiger partial charge in [-0.15, -0.1) is 5.10 Å². The Bertz CT molecular complexity index is 1070. The van der Waals surface area contributed by atoms with Crippen LogP contribution in [-0.2, 0) is 17.8 Å². The molecule has 1 aromatic carbocycles. The zero-order valence-corrected chi connectivity index (χ0v) is 16.8. The Hall–Kier alpha value is -3.16.